The minimum atomic E-state index is -0.401. The third-order valence-electron chi connectivity index (χ3n) is 5.82. The highest BCUT2D eigenvalue weighted by atomic mass is 16.6. The van der Waals surface area contributed by atoms with Crippen molar-refractivity contribution in [3.63, 3.8) is 0 Å². The highest BCUT2D eigenvalue weighted by molar-refractivity contribution is 5.94. The molecule has 1 N–H and O–H groups in total. The van der Waals surface area contributed by atoms with Gasteiger partial charge < -0.3 is 5.32 Å². The number of benzene rings is 2. The standard InChI is InChI=1S/C25H30N4O3/c1-17(15-25(4,5)22-9-7-6-8-10-22)26-24(30)21-13-11-20(12-14-21)16-28-19(3)23(29(31)32)18(2)27-28/h6-14,17H,15-16H2,1-5H3,(H,26,30). The molecule has 32 heavy (non-hydrogen) atoms. The Morgan fingerprint density at radius 2 is 1.75 bits per heavy atom. The largest absolute Gasteiger partial charge is 0.350 e. The predicted molar refractivity (Wildman–Crippen MR) is 125 cm³/mol. The van der Waals surface area contributed by atoms with Crippen molar-refractivity contribution in [1.82, 2.24) is 15.1 Å². The van der Waals surface area contributed by atoms with E-state index in [1.165, 1.54) is 5.56 Å². The zero-order valence-electron chi connectivity index (χ0n) is 19.3. The van der Waals surface area contributed by atoms with Crippen molar-refractivity contribution in [2.45, 2.75) is 59.0 Å². The van der Waals surface area contributed by atoms with Crippen LogP contribution in [-0.2, 0) is 12.0 Å². The maximum Gasteiger partial charge on any atom is 0.312 e. The highest BCUT2D eigenvalue weighted by Crippen LogP contribution is 2.28. The van der Waals surface area contributed by atoms with Crippen LogP contribution in [-0.4, -0.2) is 26.7 Å². The van der Waals surface area contributed by atoms with E-state index in [0.717, 1.165) is 12.0 Å². The number of aromatic nitrogens is 2. The van der Waals surface area contributed by atoms with Gasteiger partial charge in [-0.1, -0.05) is 56.3 Å². The van der Waals surface area contributed by atoms with Crippen LogP contribution in [0.4, 0.5) is 5.69 Å². The molecule has 3 rings (SSSR count). The van der Waals surface area contributed by atoms with Crippen molar-refractivity contribution < 1.29 is 9.72 Å². The van der Waals surface area contributed by atoms with Gasteiger partial charge in [0.25, 0.3) is 5.91 Å². The van der Waals surface area contributed by atoms with Gasteiger partial charge in [-0.15, -0.1) is 0 Å². The Labute approximate surface area is 188 Å². The van der Waals surface area contributed by atoms with Crippen molar-refractivity contribution in [2.75, 3.05) is 0 Å². The molecule has 1 unspecified atom stereocenters. The van der Waals surface area contributed by atoms with E-state index in [2.05, 4.69) is 36.4 Å². The summed E-state index contributed by atoms with van der Waals surface area (Å²) in [6.07, 6.45) is 0.817. The first-order valence-corrected chi connectivity index (χ1v) is 10.7. The van der Waals surface area contributed by atoms with Crippen LogP contribution in [0.25, 0.3) is 0 Å². The summed E-state index contributed by atoms with van der Waals surface area (Å²) in [4.78, 5) is 23.5. The molecule has 7 nitrogen and oxygen atoms in total. The fourth-order valence-corrected chi connectivity index (χ4v) is 4.17. The normalized spacial score (nSPS) is 12.4. The van der Waals surface area contributed by atoms with Gasteiger partial charge in [0.15, 0.2) is 0 Å². The summed E-state index contributed by atoms with van der Waals surface area (Å²) in [6.45, 7) is 10.1. The van der Waals surface area contributed by atoms with Crippen LogP contribution in [0.3, 0.4) is 0 Å². The first-order valence-electron chi connectivity index (χ1n) is 10.7. The number of rotatable bonds is 8. The van der Waals surface area contributed by atoms with Gasteiger partial charge in [0.05, 0.1) is 11.5 Å². The van der Waals surface area contributed by atoms with Crippen molar-refractivity contribution in [1.29, 1.82) is 0 Å². The molecule has 2 aromatic carbocycles. The summed E-state index contributed by atoms with van der Waals surface area (Å²) in [6, 6.07) is 17.6. The van der Waals surface area contributed by atoms with E-state index in [1.807, 2.05) is 37.3 Å². The second-order valence-corrected chi connectivity index (χ2v) is 8.96. The van der Waals surface area contributed by atoms with Crippen molar-refractivity contribution in [3.05, 3.63) is 92.8 Å². The number of carbonyl (C=O) groups excluding carboxylic acids is 1. The van der Waals surface area contributed by atoms with E-state index in [0.29, 0.717) is 23.5 Å². The fraction of sp³-hybridized carbons (Fsp3) is 0.360. The average molecular weight is 435 g/mol. The van der Waals surface area contributed by atoms with Gasteiger partial charge in [-0.3, -0.25) is 19.6 Å². The summed E-state index contributed by atoms with van der Waals surface area (Å²) < 4.78 is 1.62. The van der Waals surface area contributed by atoms with E-state index in [1.54, 1.807) is 30.7 Å². The van der Waals surface area contributed by atoms with E-state index in [9.17, 15) is 14.9 Å². The number of carbonyl (C=O) groups is 1. The monoisotopic (exact) mass is 434 g/mol. The van der Waals surface area contributed by atoms with Crippen LogP contribution in [0.15, 0.2) is 54.6 Å². The average Bonchev–Trinajstić information content (AvgIpc) is 3.01. The van der Waals surface area contributed by atoms with Crippen LogP contribution < -0.4 is 5.32 Å². The molecule has 0 radical (unpaired) electrons. The lowest BCUT2D eigenvalue weighted by Crippen LogP contribution is -2.37. The molecule has 7 heteroatoms. The molecule has 0 aliphatic heterocycles. The summed E-state index contributed by atoms with van der Waals surface area (Å²) in [5.74, 6) is -0.116. The summed E-state index contributed by atoms with van der Waals surface area (Å²) in [5.41, 5.74) is 3.65. The number of nitrogens with one attached hydrogen (secondary N) is 1. The zero-order valence-corrected chi connectivity index (χ0v) is 19.3. The Kier molecular flexibility index (Phi) is 6.77. The number of nitro groups is 1. The summed E-state index contributed by atoms with van der Waals surface area (Å²) >= 11 is 0. The van der Waals surface area contributed by atoms with Gasteiger partial charge in [0.1, 0.15) is 11.4 Å². The Morgan fingerprint density at radius 1 is 1.12 bits per heavy atom. The first-order chi connectivity index (χ1) is 15.1. The number of aryl methyl sites for hydroxylation is 1. The van der Waals surface area contributed by atoms with Crippen molar-refractivity contribution in [3.8, 4) is 0 Å². The van der Waals surface area contributed by atoms with Gasteiger partial charge in [0.2, 0.25) is 0 Å². The smallest absolute Gasteiger partial charge is 0.312 e. The van der Waals surface area contributed by atoms with E-state index in [4.69, 9.17) is 0 Å². The molecule has 0 saturated carbocycles. The lowest BCUT2D eigenvalue weighted by Gasteiger charge is -2.29. The SMILES string of the molecule is Cc1nn(Cc2ccc(C(=O)NC(C)CC(C)(C)c3ccccc3)cc2)c(C)c1[N+](=O)[O-]. The molecule has 1 aromatic heterocycles. The number of hydrogen-bond donors (Lipinski definition) is 1. The van der Waals surface area contributed by atoms with Gasteiger partial charge in [0, 0.05) is 11.6 Å². The molecule has 3 aromatic rings. The molecule has 1 atom stereocenters. The third kappa shape index (κ3) is 5.22. The van der Waals surface area contributed by atoms with Gasteiger partial charge in [-0.05, 0) is 55.9 Å². The highest BCUT2D eigenvalue weighted by Gasteiger charge is 2.24. The second-order valence-electron chi connectivity index (χ2n) is 8.96. The maximum atomic E-state index is 12.7. The quantitative estimate of drug-likeness (QED) is 0.401. The lowest BCUT2D eigenvalue weighted by atomic mass is 9.79. The lowest BCUT2D eigenvalue weighted by molar-refractivity contribution is -0.386. The van der Waals surface area contributed by atoms with Crippen LogP contribution in [0.2, 0.25) is 0 Å². The number of amides is 1. The second kappa shape index (κ2) is 9.34. The molecular weight excluding hydrogens is 404 g/mol. The van der Waals surface area contributed by atoms with Gasteiger partial charge in [-0.25, -0.2) is 0 Å². The Bertz CT molecular complexity index is 1100. The third-order valence-corrected chi connectivity index (χ3v) is 5.82. The topological polar surface area (TPSA) is 90.1 Å². The molecule has 0 fully saturated rings. The van der Waals surface area contributed by atoms with E-state index in [-0.39, 0.29) is 23.1 Å². The minimum absolute atomic E-state index is 0.00707. The number of nitrogens with zero attached hydrogens (tertiary/aromatic N) is 3. The molecule has 0 aliphatic carbocycles. The minimum Gasteiger partial charge on any atom is -0.350 e. The molecule has 1 amide bonds. The van der Waals surface area contributed by atoms with Gasteiger partial charge in [-0.2, -0.15) is 5.10 Å². The maximum absolute atomic E-state index is 12.7. The molecular formula is C25H30N4O3. The molecule has 0 bridgehead atoms. The number of hydrogen-bond acceptors (Lipinski definition) is 4. The fourth-order valence-electron chi connectivity index (χ4n) is 4.17. The van der Waals surface area contributed by atoms with Crippen LogP contribution in [0.1, 0.15) is 60.1 Å². The Hall–Kier alpha value is -3.48. The van der Waals surface area contributed by atoms with Crippen molar-refractivity contribution >= 4 is 11.6 Å². The first kappa shape index (κ1) is 23.2. The Morgan fingerprint density at radius 3 is 2.31 bits per heavy atom. The molecule has 0 saturated heterocycles. The van der Waals surface area contributed by atoms with Gasteiger partial charge >= 0.3 is 5.69 Å². The van der Waals surface area contributed by atoms with Crippen molar-refractivity contribution in [2.24, 2.45) is 0 Å². The van der Waals surface area contributed by atoms with E-state index >= 15 is 0 Å². The predicted octanol–water partition coefficient (Wildman–Crippen LogP) is 4.94. The van der Waals surface area contributed by atoms with Crippen LogP contribution >= 0.6 is 0 Å². The van der Waals surface area contributed by atoms with Crippen LogP contribution in [0.5, 0.6) is 0 Å². The molecule has 0 aliphatic rings. The summed E-state index contributed by atoms with van der Waals surface area (Å²) in [5, 5.41) is 18.6. The van der Waals surface area contributed by atoms with Crippen LogP contribution in [0, 0.1) is 24.0 Å². The van der Waals surface area contributed by atoms with E-state index < -0.39 is 4.92 Å². The Balaban J connectivity index is 1.63. The molecule has 168 valence electrons. The zero-order chi connectivity index (χ0) is 23.5. The summed E-state index contributed by atoms with van der Waals surface area (Å²) in [7, 11) is 0. The molecule has 1 heterocycles. The molecule has 0 spiro atoms.